The largest absolute Gasteiger partial charge is 0.489 e. The van der Waals surface area contributed by atoms with E-state index in [1.165, 1.54) is 22.3 Å². The Labute approximate surface area is 144 Å². The van der Waals surface area contributed by atoms with Crippen LogP contribution >= 0.6 is 0 Å². The van der Waals surface area contributed by atoms with Crippen molar-refractivity contribution in [1.82, 2.24) is 0 Å². The molecule has 0 aliphatic carbocycles. The molecule has 0 heterocycles. The lowest BCUT2D eigenvalue weighted by atomic mass is 10.0. The van der Waals surface area contributed by atoms with Crippen molar-refractivity contribution in [2.24, 2.45) is 0 Å². The molecule has 0 spiro atoms. The average Bonchev–Trinajstić information content (AvgIpc) is 2.54. The zero-order chi connectivity index (χ0) is 17.4. The van der Waals surface area contributed by atoms with E-state index in [-0.39, 0.29) is 6.42 Å². The zero-order valence-corrected chi connectivity index (χ0v) is 14.5. The molecule has 128 valence electrons. The number of hydrogen-bond acceptors (Lipinski definition) is 2. The van der Waals surface area contributed by atoms with E-state index in [9.17, 15) is 4.79 Å². The number of aryl methyl sites for hydroxylation is 3. The summed E-state index contributed by atoms with van der Waals surface area (Å²) in [5.74, 6) is 0.178. The second kappa shape index (κ2) is 9.11. The van der Waals surface area contributed by atoms with Crippen LogP contribution in [0.1, 0.15) is 47.9 Å². The number of carbonyl (C=O) groups is 1. The molecular formula is C21H26O3. The third-order valence-corrected chi connectivity index (χ3v) is 4.28. The van der Waals surface area contributed by atoms with Crippen molar-refractivity contribution in [3.63, 3.8) is 0 Å². The molecule has 0 saturated heterocycles. The van der Waals surface area contributed by atoms with Crippen LogP contribution in [0.25, 0.3) is 0 Å². The van der Waals surface area contributed by atoms with Gasteiger partial charge in [-0.2, -0.15) is 0 Å². The van der Waals surface area contributed by atoms with Crippen molar-refractivity contribution in [2.75, 3.05) is 0 Å². The standard InChI is InChI=1S/C21H26O3/c1-16-8-6-9-17(2)20(16)15-24-19-12-7-11-18(14-19)10-4-3-5-13-21(22)23/h6-9,11-12,14H,3-5,10,13,15H2,1-2H3,(H,22,23). The van der Waals surface area contributed by atoms with Gasteiger partial charge in [-0.05, 0) is 67.5 Å². The van der Waals surface area contributed by atoms with Crippen molar-refractivity contribution < 1.29 is 14.6 Å². The van der Waals surface area contributed by atoms with Crippen molar-refractivity contribution >= 4 is 5.97 Å². The van der Waals surface area contributed by atoms with Gasteiger partial charge in [-0.15, -0.1) is 0 Å². The molecule has 0 unspecified atom stereocenters. The van der Waals surface area contributed by atoms with Crippen molar-refractivity contribution in [1.29, 1.82) is 0 Å². The van der Waals surface area contributed by atoms with Crippen molar-refractivity contribution in [2.45, 2.75) is 52.6 Å². The molecule has 0 bridgehead atoms. The quantitative estimate of drug-likeness (QED) is 0.654. The van der Waals surface area contributed by atoms with Crippen LogP contribution in [0.4, 0.5) is 0 Å². The van der Waals surface area contributed by atoms with Gasteiger partial charge in [0.05, 0.1) is 0 Å². The highest BCUT2D eigenvalue weighted by molar-refractivity contribution is 5.66. The molecule has 2 aromatic carbocycles. The Morgan fingerprint density at radius 1 is 1.00 bits per heavy atom. The molecule has 1 N–H and O–H groups in total. The Morgan fingerprint density at radius 3 is 2.42 bits per heavy atom. The Balaban J connectivity index is 1.85. The lowest BCUT2D eigenvalue weighted by molar-refractivity contribution is -0.137. The Morgan fingerprint density at radius 2 is 1.71 bits per heavy atom. The number of carboxylic acids is 1. The molecule has 2 aromatic rings. The minimum absolute atomic E-state index is 0.263. The lowest BCUT2D eigenvalue weighted by Gasteiger charge is -2.12. The Hall–Kier alpha value is -2.29. The van der Waals surface area contributed by atoms with Gasteiger partial charge in [0.25, 0.3) is 0 Å². The molecule has 0 saturated carbocycles. The molecular weight excluding hydrogens is 300 g/mol. The fourth-order valence-electron chi connectivity index (χ4n) is 2.81. The minimum atomic E-state index is -0.711. The first-order valence-corrected chi connectivity index (χ1v) is 8.55. The third kappa shape index (κ3) is 5.73. The topological polar surface area (TPSA) is 46.5 Å². The number of unbranched alkanes of at least 4 members (excludes halogenated alkanes) is 2. The molecule has 3 nitrogen and oxygen atoms in total. The van der Waals surface area contributed by atoms with Crippen LogP contribution in [-0.2, 0) is 17.8 Å². The van der Waals surface area contributed by atoms with E-state index in [0.717, 1.165) is 31.4 Å². The highest BCUT2D eigenvalue weighted by atomic mass is 16.5. The first-order chi connectivity index (χ1) is 11.6. The molecule has 0 aliphatic rings. The molecule has 0 atom stereocenters. The number of aliphatic carboxylic acids is 1. The van der Waals surface area contributed by atoms with Gasteiger partial charge < -0.3 is 9.84 Å². The maximum Gasteiger partial charge on any atom is 0.303 e. The van der Waals surface area contributed by atoms with Gasteiger partial charge in [0.15, 0.2) is 0 Å². The van der Waals surface area contributed by atoms with E-state index in [2.05, 4.69) is 44.2 Å². The third-order valence-electron chi connectivity index (χ3n) is 4.28. The van der Waals surface area contributed by atoms with Gasteiger partial charge in [-0.25, -0.2) is 0 Å². The minimum Gasteiger partial charge on any atom is -0.489 e. The van der Waals surface area contributed by atoms with Crippen LogP contribution in [-0.4, -0.2) is 11.1 Å². The van der Waals surface area contributed by atoms with Crippen molar-refractivity contribution in [3.8, 4) is 5.75 Å². The predicted molar refractivity (Wildman–Crippen MR) is 96.5 cm³/mol. The molecule has 2 rings (SSSR count). The molecule has 0 aromatic heterocycles. The van der Waals surface area contributed by atoms with E-state index in [4.69, 9.17) is 9.84 Å². The molecule has 0 amide bonds. The van der Waals surface area contributed by atoms with Crippen LogP contribution < -0.4 is 4.74 Å². The van der Waals surface area contributed by atoms with Crippen LogP contribution in [0.3, 0.4) is 0 Å². The summed E-state index contributed by atoms with van der Waals surface area (Å²) < 4.78 is 5.98. The lowest BCUT2D eigenvalue weighted by Crippen LogP contribution is -2.01. The second-order valence-electron chi connectivity index (χ2n) is 6.26. The summed E-state index contributed by atoms with van der Waals surface area (Å²) >= 11 is 0. The van der Waals surface area contributed by atoms with Gasteiger partial charge in [-0.3, -0.25) is 4.79 Å². The number of carboxylic acid groups (broad SMARTS) is 1. The summed E-state index contributed by atoms with van der Waals surface area (Å²) in [6.07, 6.45) is 3.92. The average molecular weight is 326 g/mol. The summed E-state index contributed by atoms with van der Waals surface area (Å²) in [5.41, 5.74) is 5.00. The van der Waals surface area contributed by atoms with Gasteiger partial charge in [0, 0.05) is 6.42 Å². The van der Waals surface area contributed by atoms with E-state index in [1.807, 2.05) is 12.1 Å². The summed E-state index contributed by atoms with van der Waals surface area (Å²) in [4.78, 5) is 10.5. The maximum atomic E-state index is 10.5. The van der Waals surface area contributed by atoms with Crippen LogP contribution in [0.5, 0.6) is 5.75 Å². The van der Waals surface area contributed by atoms with Gasteiger partial charge >= 0.3 is 5.97 Å². The predicted octanol–water partition coefficient (Wildman–Crippen LogP) is 5.07. The van der Waals surface area contributed by atoms with Crippen LogP contribution in [0.2, 0.25) is 0 Å². The molecule has 0 fully saturated rings. The zero-order valence-electron chi connectivity index (χ0n) is 14.5. The molecule has 24 heavy (non-hydrogen) atoms. The number of rotatable bonds is 9. The number of ether oxygens (including phenoxy) is 1. The first kappa shape index (κ1) is 18.1. The summed E-state index contributed by atoms with van der Waals surface area (Å²) in [6, 6.07) is 14.5. The molecule has 0 aliphatic heterocycles. The van der Waals surface area contributed by atoms with E-state index >= 15 is 0 Å². The fraction of sp³-hybridized carbons (Fsp3) is 0.381. The Kier molecular flexibility index (Phi) is 6.86. The smallest absolute Gasteiger partial charge is 0.303 e. The van der Waals surface area contributed by atoms with Gasteiger partial charge in [0.1, 0.15) is 12.4 Å². The van der Waals surface area contributed by atoms with E-state index < -0.39 is 5.97 Å². The van der Waals surface area contributed by atoms with Crippen molar-refractivity contribution in [3.05, 3.63) is 64.7 Å². The van der Waals surface area contributed by atoms with E-state index in [1.54, 1.807) is 0 Å². The first-order valence-electron chi connectivity index (χ1n) is 8.55. The highest BCUT2D eigenvalue weighted by Crippen LogP contribution is 2.20. The monoisotopic (exact) mass is 326 g/mol. The highest BCUT2D eigenvalue weighted by Gasteiger charge is 2.04. The maximum absolute atomic E-state index is 10.5. The van der Waals surface area contributed by atoms with Gasteiger partial charge in [0.2, 0.25) is 0 Å². The SMILES string of the molecule is Cc1cccc(C)c1COc1cccc(CCCCCC(=O)O)c1. The Bertz CT molecular complexity index is 656. The summed E-state index contributed by atoms with van der Waals surface area (Å²) in [6.45, 7) is 4.80. The van der Waals surface area contributed by atoms with E-state index in [0.29, 0.717) is 6.61 Å². The molecule has 3 heteroatoms. The number of hydrogen-bond donors (Lipinski definition) is 1. The van der Waals surface area contributed by atoms with Crippen LogP contribution in [0.15, 0.2) is 42.5 Å². The van der Waals surface area contributed by atoms with Crippen LogP contribution in [0, 0.1) is 13.8 Å². The number of benzene rings is 2. The summed E-state index contributed by atoms with van der Waals surface area (Å²) in [5, 5.41) is 8.64. The second-order valence-corrected chi connectivity index (χ2v) is 6.26. The normalized spacial score (nSPS) is 10.6. The summed E-state index contributed by atoms with van der Waals surface area (Å²) in [7, 11) is 0. The molecule has 0 radical (unpaired) electrons. The fourth-order valence-corrected chi connectivity index (χ4v) is 2.81. The van der Waals surface area contributed by atoms with Gasteiger partial charge in [-0.1, -0.05) is 36.8 Å².